The molecule has 6 nitrogen and oxygen atoms in total. The van der Waals surface area contributed by atoms with E-state index < -0.39 is 0 Å². The van der Waals surface area contributed by atoms with Crippen LogP contribution in [0.3, 0.4) is 0 Å². The van der Waals surface area contributed by atoms with Crippen molar-refractivity contribution in [3.05, 3.63) is 83.5 Å². The molecule has 0 aliphatic carbocycles. The Morgan fingerprint density at radius 2 is 1.88 bits per heavy atom. The van der Waals surface area contributed by atoms with Gasteiger partial charge < -0.3 is 14.6 Å². The Kier molecular flexibility index (Phi) is 5.66. The number of rotatable bonds is 6. The van der Waals surface area contributed by atoms with E-state index >= 15 is 0 Å². The molecule has 0 aliphatic heterocycles. The van der Waals surface area contributed by atoms with Gasteiger partial charge in [-0.05, 0) is 36.4 Å². The minimum Gasteiger partial charge on any atom is -0.467 e. The van der Waals surface area contributed by atoms with Crippen LogP contribution in [0.15, 0.2) is 71.5 Å². The molecule has 0 spiro atoms. The van der Waals surface area contributed by atoms with Crippen LogP contribution in [0.25, 0.3) is 0 Å². The number of carbonyl (C=O) groups excluding carboxylic acids is 2. The van der Waals surface area contributed by atoms with Crippen LogP contribution in [-0.4, -0.2) is 28.2 Å². The van der Waals surface area contributed by atoms with Crippen LogP contribution >= 0.6 is 11.6 Å². The summed E-state index contributed by atoms with van der Waals surface area (Å²) < 4.78 is 5.31. The number of para-hydroxylation sites is 1. The van der Waals surface area contributed by atoms with Crippen LogP contribution in [0, 0.1) is 0 Å². The molecule has 0 saturated carbocycles. The summed E-state index contributed by atoms with van der Waals surface area (Å²) in [5.41, 5.74) is 1.00. The van der Waals surface area contributed by atoms with Crippen molar-refractivity contribution in [2.75, 3.05) is 11.9 Å². The van der Waals surface area contributed by atoms with E-state index in [0.717, 1.165) is 0 Å². The maximum atomic E-state index is 12.8. The van der Waals surface area contributed by atoms with Gasteiger partial charge in [0.2, 0.25) is 5.91 Å². The number of furan rings is 1. The van der Waals surface area contributed by atoms with Crippen LogP contribution < -0.4 is 5.32 Å². The Morgan fingerprint density at radius 3 is 2.54 bits per heavy atom. The molecular formula is C19H16ClN3O3. The Labute approximate surface area is 155 Å². The zero-order valence-corrected chi connectivity index (χ0v) is 14.5. The number of carbonyl (C=O) groups is 2. The molecule has 0 radical (unpaired) electrons. The summed E-state index contributed by atoms with van der Waals surface area (Å²) in [4.78, 5) is 30.5. The van der Waals surface area contributed by atoms with Gasteiger partial charge in [-0.3, -0.25) is 9.59 Å². The first-order valence-electron chi connectivity index (χ1n) is 7.90. The third kappa shape index (κ3) is 4.70. The average Bonchev–Trinajstić information content (AvgIpc) is 3.15. The van der Waals surface area contributed by atoms with Gasteiger partial charge in [0, 0.05) is 11.9 Å². The standard InChI is InChI=1S/C19H16ClN3O3/c20-17-9-8-14(11-21-17)19(25)23(12-16-7-4-10-26-16)13-18(24)22-15-5-2-1-3-6-15/h1-11H,12-13H2,(H,22,24). The highest BCUT2D eigenvalue weighted by molar-refractivity contribution is 6.29. The fourth-order valence-electron chi connectivity index (χ4n) is 2.37. The molecule has 132 valence electrons. The molecule has 0 bridgehead atoms. The maximum Gasteiger partial charge on any atom is 0.256 e. The summed E-state index contributed by atoms with van der Waals surface area (Å²) in [5, 5.41) is 3.06. The second-order valence-electron chi connectivity index (χ2n) is 5.52. The molecule has 1 aromatic carbocycles. The first-order chi connectivity index (χ1) is 12.6. The van der Waals surface area contributed by atoms with Crippen molar-refractivity contribution < 1.29 is 14.0 Å². The van der Waals surface area contributed by atoms with Crippen molar-refractivity contribution in [2.45, 2.75) is 6.54 Å². The first-order valence-corrected chi connectivity index (χ1v) is 8.28. The van der Waals surface area contributed by atoms with Crippen LogP contribution in [0.5, 0.6) is 0 Å². The molecule has 3 aromatic rings. The van der Waals surface area contributed by atoms with Gasteiger partial charge in [0.25, 0.3) is 5.91 Å². The summed E-state index contributed by atoms with van der Waals surface area (Å²) in [6.45, 7) is 0.0354. The highest BCUT2D eigenvalue weighted by atomic mass is 35.5. The fourth-order valence-corrected chi connectivity index (χ4v) is 2.48. The van der Waals surface area contributed by atoms with Crippen LogP contribution in [-0.2, 0) is 11.3 Å². The molecule has 26 heavy (non-hydrogen) atoms. The monoisotopic (exact) mass is 369 g/mol. The SMILES string of the molecule is O=C(CN(Cc1ccco1)C(=O)c1ccc(Cl)nc1)Nc1ccccc1. The minimum atomic E-state index is -0.339. The number of benzene rings is 1. The van der Waals surface area contributed by atoms with Gasteiger partial charge in [-0.2, -0.15) is 0 Å². The number of nitrogens with zero attached hydrogens (tertiary/aromatic N) is 2. The smallest absolute Gasteiger partial charge is 0.256 e. The second kappa shape index (κ2) is 8.31. The first kappa shape index (κ1) is 17.7. The molecule has 0 unspecified atom stereocenters. The molecular weight excluding hydrogens is 354 g/mol. The average molecular weight is 370 g/mol. The molecule has 0 saturated heterocycles. The highest BCUT2D eigenvalue weighted by Crippen LogP contribution is 2.13. The predicted molar refractivity (Wildman–Crippen MR) is 97.8 cm³/mol. The van der Waals surface area contributed by atoms with Crippen LogP contribution in [0.1, 0.15) is 16.1 Å². The number of aromatic nitrogens is 1. The van der Waals surface area contributed by atoms with E-state index in [9.17, 15) is 9.59 Å². The van der Waals surface area contributed by atoms with Crippen LogP contribution in [0.2, 0.25) is 5.15 Å². The van der Waals surface area contributed by atoms with Gasteiger partial charge in [-0.1, -0.05) is 29.8 Å². The molecule has 1 N–H and O–H groups in total. The van der Waals surface area contributed by atoms with E-state index in [-0.39, 0.29) is 24.9 Å². The molecule has 7 heteroatoms. The maximum absolute atomic E-state index is 12.8. The number of amides is 2. The zero-order chi connectivity index (χ0) is 18.4. The summed E-state index contributed by atoms with van der Waals surface area (Å²) in [6, 6.07) is 15.6. The number of nitrogens with one attached hydrogen (secondary N) is 1. The van der Waals surface area contributed by atoms with Crippen molar-refractivity contribution in [3.8, 4) is 0 Å². The van der Waals surface area contributed by atoms with Gasteiger partial charge >= 0.3 is 0 Å². The Bertz CT molecular complexity index is 865. The lowest BCUT2D eigenvalue weighted by molar-refractivity contribution is -0.117. The lowest BCUT2D eigenvalue weighted by Gasteiger charge is -2.21. The third-order valence-electron chi connectivity index (χ3n) is 3.58. The molecule has 0 aliphatic rings. The zero-order valence-electron chi connectivity index (χ0n) is 13.8. The molecule has 2 amide bonds. The predicted octanol–water partition coefficient (Wildman–Crippen LogP) is 3.61. The lowest BCUT2D eigenvalue weighted by Crippen LogP contribution is -2.37. The summed E-state index contributed by atoms with van der Waals surface area (Å²) in [5.74, 6) is -0.0698. The largest absolute Gasteiger partial charge is 0.467 e. The summed E-state index contributed by atoms with van der Waals surface area (Å²) in [7, 11) is 0. The Balaban J connectivity index is 1.75. The van der Waals surface area contributed by atoms with E-state index in [1.54, 1.807) is 30.3 Å². The molecule has 0 fully saturated rings. The van der Waals surface area contributed by atoms with Crippen molar-refractivity contribution >= 4 is 29.1 Å². The number of anilines is 1. The van der Waals surface area contributed by atoms with Gasteiger partial charge in [-0.25, -0.2) is 4.98 Å². The normalized spacial score (nSPS) is 10.3. The van der Waals surface area contributed by atoms with E-state index in [1.165, 1.54) is 23.4 Å². The van der Waals surface area contributed by atoms with E-state index in [4.69, 9.17) is 16.0 Å². The fraction of sp³-hybridized carbons (Fsp3) is 0.105. The molecule has 3 rings (SSSR count). The summed E-state index contributed by atoms with van der Waals surface area (Å²) in [6.07, 6.45) is 2.90. The number of hydrogen-bond acceptors (Lipinski definition) is 4. The number of pyridine rings is 1. The van der Waals surface area contributed by atoms with Gasteiger partial charge in [0.05, 0.1) is 18.4 Å². The number of hydrogen-bond donors (Lipinski definition) is 1. The molecule has 2 heterocycles. The summed E-state index contributed by atoms with van der Waals surface area (Å²) >= 11 is 5.77. The topological polar surface area (TPSA) is 75.4 Å². The van der Waals surface area contributed by atoms with Gasteiger partial charge in [0.1, 0.15) is 17.5 Å². The quantitative estimate of drug-likeness (QED) is 0.673. The van der Waals surface area contributed by atoms with Crippen molar-refractivity contribution in [1.82, 2.24) is 9.88 Å². The van der Waals surface area contributed by atoms with Crippen molar-refractivity contribution in [2.24, 2.45) is 0 Å². The van der Waals surface area contributed by atoms with Gasteiger partial charge in [-0.15, -0.1) is 0 Å². The minimum absolute atomic E-state index is 0.128. The van der Waals surface area contributed by atoms with Crippen molar-refractivity contribution in [3.63, 3.8) is 0 Å². The van der Waals surface area contributed by atoms with Crippen LogP contribution in [0.4, 0.5) is 5.69 Å². The lowest BCUT2D eigenvalue weighted by atomic mass is 10.2. The van der Waals surface area contributed by atoms with E-state index in [1.807, 2.05) is 18.2 Å². The van der Waals surface area contributed by atoms with E-state index in [0.29, 0.717) is 22.2 Å². The Hall–Kier alpha value is -3.12. The Morgan fingerprint density at radius 1 is 1.08 bits per heavy atom. The second-order valence-corrected chi connectivity index (χ2v) is 5.91. The van der Waals surface area contributed by atoms with Crippen molar-refractivity contribution in [1.29, 1.82) is 0 Å². The highest BCUT2D eigenvalue weighted by Gasteiger charge is 2.20. The third-order valence-corrected chi connectivity index (χ3v) is 3.80. The molecule has 2 aromatic heterocycles. The van der Waals surface area contributed by atoms with E-state index in [2.05, 4.69) is 10.3 Å². The molecule has 0 atom stereocenters. The number of halogens is 1. The van der Waals surface area contributed by atoms with Gasteiger partial charge in [0.15, 0.2) is 0 Å².